The molecule has 0 saturated carbocycles. The molecule has 0 bridgehead atoms. The minimum atomic E-state index is -0.925. The Morgan fingerprint density at radius 2 is 2.03 bits per heavy atom. The van der Waals surface area contributed by atoms with E-state index < -0.39 is 23.5 Å². The van der Waals surface area contributed by atoms with Gasteiger partial charge in [-0.25, -0.2) is 4.98 Å². The molecule has 0 aliphatic carbocycles. The number of fused-ring (bicyclic) bond motifs is 1. The molecule has 0 fully saturated rings. The number of hydrogen-bond acceptors (Lipinski definition) is 6. The van der Waals surface area contributed by atoms with Gasteiger partial charge in [0.25, 0.3) is 5.91 Å². The molecule has 1 aliphatic rings. The molecule has 4 heterocycles. The fourth-order valence-corrected chi connectivity index (χ4v) is 4.20. The third-order valence-electron chi connectivity index (χ3n) is 4.83. The monoisotopic (exact) mass is 405 g/mol. The van der Waals surface area contributed by atoms with Crippen LogP contribution in [0.3, 0.4) is 0 Å². The number of aryl methyl sites for hydroxylation is 1. The number of nitrogens with one attached hydrogen (secondary N) is 1. The predicted molar refractivity (Wildman–Crippen MR) is 108 cm³/mol. The zero-order chi connectivity index (χ0) is 20.1. The second-order valence-electron chi connectivity index (χ2n) is 6.67. The Bertz CT molecular complexity index is 1250. The van der Waals surface area contributed by atoms with Crippen LogP contribution < -0.4 is 4.90 Å². The largest absolute Gasteiger partial charge is 0.503 e. The Balaban J connectivity index is 1.68. The lowest BCUT2D eigenvalue weighted by atomic mass is 10.0. The Labute approximate surface area is 168 Å². The number of furan rings is 1. The van der Waals surface area contributed by atoms with Crippen molar-refractivity contribution in [2.45, 2.75) is 13.0 Å². The number of aromatic amines is 1. The quantitative estimate of drug-likeness (QED) is 0.493. The van der Waals surface area contributed by atoms with E-state index in [2.05, 4.69) is 9.97 Å². The van der Waals surface area contributed by atoms with Gasteiger partial charge in [-0.2, -0.15) is 0 Å². The summed E-state index contributed by atoms with van der Waals surface area (Å²) in [6, 6.07) is 13.3. The van der Waals surface area contributed by atoms with E-state index in [1.165, 1.54) is 16.2 Å². The first-order chi connectivity index (χ1) is 14.0. The van der Waals surface area contributed by atoms with Crippen molar-refractivity contribution in [1.82, 2.24) is 9.97 Å². The molecule has 1 atom stereocenters. The van der Waals surface area contributed by atoms with Crippen molar-refractivity contribution in [3.63, 3.8) is 0 Å². The summed E-state index contributed by atoms with van der Waals surface area (Å²) in [7, 11) is 0. The van der Waals surface area contributed by atoms with Gasteiger partial charge >= 0.3 is 0 Å². The van der Waals surface area contributed by atoms with Gasteiger partial charge in [0.05, 0.1) is 21.5 Å². The summed E-state index contributed by atoms with van der Waals surface area (Å²) in [6.45, 7) is 1.77. The zero-order valence-electron chi connectivity index (χ0n) is 15.2. The average molecular weight is 405 g/mol. The lowest BCUT2D eigenvalue weighted by Crippen LogP contribution is -2.31. The third-order valence-corrected chi connectivity index (χ3v) is 5.70. The highest BCUT2D eigenvalue weighted by molar-refractivity contribution is 7.12. The topological polar surface area (TPSA) is 99.4 Å². The number of aliphatic hydroxyl groups is 1. The number of carbonyl (C=O) groups excluding carboxylic acids is 2. The Hall–Kier alpha value is -3.65. The van der Waals surface area contributed by atoms with Gasteiger partial charge in [-0.3, -0.25) is 14.5 Å². The highest BCUT2D eigenvalue weighted by Crippen LogP contribution is 2.42. The molecule has 0 radical (unpaired) electrons. The number of benzene rings is 1. The Morgan fingerprint density at radius 1 is 1.21 bits per heavy atom. The summed E-state index contributed by atoms with van der Waals surface area (Å²) in [4.78, 5) is 35.4. The van der Waals surface area contributed by atoms with Crippen LogP contribution in [0.5, 0.6) is 0 Å². The Kier molecular flexibility index (Phi) is 3.88. The first-order valence-electron chi connectivity index (χ1n) is 8.90. The number of carbonyl (C=O) groups is 2. The van der Waals surface area contributed by atoms with Gasteiger partial charge in [0.15, 0.2) is 5.76 Å². The van der Waals surface area contributed by atoms with E-state index in [4.69, 9.17) is 4.42 Å². The number of thiophene rings is 1. The van der Waals surface area contributed by atoms with Gasteiger partial charge in [-0.1, -0.05) is 18.2 Å². The van der Waals surface area contributed by atoms with Crippen LogP contribution in [0.25, 0.3) is 11.0 Å². The molecule has 1 aromatic carbocycles. The van der Waals surface area contributed by atoms with Gasteiger partial charge in [0.2, 0.25) is 11.7 Å². The van der Waals surface area contributed by atoms with Crippen LogP contribution >= 0.6 is 11.3 Å². The summed E-state index contributed by atoms with van der Waals surface area (Å²) in [5.41, 5.74) is 1.39. The first kappa shape index (κ1) is 17.4. The summed E-state index contributed by atoms with van der Waals surface area (Å²) in [5, 5.41) is 12.4. The molecule has 0 saturated heterocycles. The van der Waals surface area contributed by atoms with E-state index in [1.54, 1.807) is 36.6 Å². The molecule has 4 aromatic rings. The number of aliphatic hydroxyl groups excluding tert-OH is 1. The van der Waals surface area contributed by atoms with Gasteiger partial charge < -0.3 is 14.5 Å². The molecule has 0 spiro atoms. The maximum absolute atomic E-state index is 13.1. The van der Waals surface area contributed by atoms with Crippen LogP contribution in [0.15, 0.2) is 69.7 Å². The van der Waals surface area contributed by atoms with Crippen LogP contribution in [0.2, 0.25) is 0 Å². The number of aromatic nitrogens is 2. The number of anilines is 1. The number of rotatable bonds is 4. The lowest BCUT2D eigenvalue weighted by Gasteiger charge is -2.22. The van der Waals surface area contributed by atoms with Crippen LogP contribution in [0.1, 0.15) is 27.2 Å². The molecule has 8 heteroatoms. The summed E-state index contributed by atoms with van der Waals surface area (Å²) in [5.74, 6) is -0.475. The zero-order valence-corrected chi connectivity index (χ0v) is 16.1. The SMILES string of the molecule is Cc1ccc(C2C(C(=O)c3cccs3)=C(O)C(=O)N2c2nc3ccccc3[nH]2)o1. The number of amides is 1. The minimum absolute atomic E-state index is 0.0211. The number of Topliss-reactive ketones (excluding diaryl/α,β-unsaturated/α-hetero) is 1. The molecule has 2 N–H and O–H groups in total. The molecular weight excluding hydrogens is 390 g/mol. The second kappa shape index (κ2) is 6.46. The Morgan fingerprint density at radius 3 is 2.72 bits per heavy atom. The molecule has 144 valence electrons. The van der Waals surface area contributed by atoms with E-state index in [9.17, 15) is 14.7 Å². The molecule has 3 aromatic heterocycles. The van der Waals surface area contributed by atoms with Gasteiger partial charge in [-0.15, -0.1) is 11.3 Å². The highest BCUT2D eigenvalue weighted by atomic mass is 32.1. The smallest absolute Gasteiger partial charge is 0.296 e. The number of ketones is 1. The molecule has 5 rings (SSSR count). The maximum Gasteiger partial charge on any atom is 0.296 e. The summed E-state index contributed by atoms with van der Waals surface area (Å²) >= 11 is 1.25. The van der Waals surface area contributed by atoms with Crippen LogP contribution in [0.4, 0.5) is 5.95 Å². The van der Waals surface area contributed by atoms with Gasteiger partial charge in [0, 0.05) is 0 Å². The van der Waals surface area contributed by atoms with Crippen molar-refractivity contribution in [2.75, 3.05) is 4.90 Å². The van der Waals surface area contributed by atoms with Crippen molar-refractivity contribution in [3.8, 4) is 0 Å². The second-order valence-corrected chi connectivity index (χ2v) is 7.62. The summed E-state index contributed by atoms with van der Waals surface area (Å²) < 4.78 is 5.76. The minimum Gasteiger partial charge on any atom is -0.503 e. The highest BCUT2D eigenvalue weighted by Gasteiger charge is 2.47. The van der Waals surface area contributed by atoms with E-state index in [0.29, 0.717) is 21.9 Å². The van der Waals surface area contributed by atoms with Gasteiger partial charge in [-0.05, 0) is 42.6 Å². The van der Waals surface area contributed by atoms with Crippen molar-refractivity contribution in [3.05, 3.63) is 81.6 Å². The van der Waals surface area contributed by atoms with Crippen molar-refractivity contribution < 1.29 is 19.1 Å². The standard InChI is InChI=1S/C21H15N3O4S/c1-11-8-9-14(28-11)17-16(18(25)15-7-4-10-29-15)19(26)20(27)24(17)21-22-12-5-2-3-6-13(12)23-21/h2-10,17,26H,1H3,(H,22,23). The lowest BCUT2D eigenvalue weighted by molar-refractivity contribution is -0.117. The molecule has 29 heavy (non-hydrogen) atoms. The number of H-pyrrole nitrogens is 1. The van der Waals surface area contributed by atoms with Crippen molar-refractivity contribution in [1.29, 1.82) is 0 Å². The predicted octanol–water partition coefficient (Wildman–Crippen LogP) is 4.31. The van der Waals surface area contributed by atoms with E-state index >= 15 is 0 Å². The molecule has 1 unspecified atom stereocenters. The van der Waals surface area contributed by atoms with E-state index in [1.807, 2.05) is 24.3 Å². The molecule has 7 nitrogen and oxygen atoms in total. The van der Waals surface area contributed by atoms with Crippen LogP contribution in [0, 0.1) is 6.92 Å². The van der Waals surface area contributed by atoms with E-state index in [-0.39, 0.29) is 11.5 Å². The fourth-order valence-electron chi connectivity index (χ4n) is 3.52. The summed E-state index contributed by atoms with van der Waals surface area (Å²) in [6.07, 6.45) is 0. The van der Waals surface area contributed by atoms with Crippen LogP contribution in [-0.2, 0) is 4.79 Å². The maximum atomic E-state index is 13.1. The van der Waals surface area contributed by atoms with Crippen molar-refractivity contribution >= 4 is 40.0 Å². The van der Waals surface area contributed by atoms with E-state index in [0.717, 1.165) is 5.52 Å². The number of hydrogen-bond donors (Lipinski definition) is 2. The first-order valence-corrected chi connectivity index (χ1v) is 9.78. The third kappa shape index (κ3) is 2.68. The molecule has 1 aliphatic heterocycles. The fraction of sp³-hybridized carbons (Fsp3) is 0.0952. The van der Waals surface area contributed by atoms with Gasteiger partial charge in [0.1, 0.15) is 17.6 Å². The molecule has 1 amide bonds. The number of imidazole rings is 1. The molecular formula is C21H15N3O4S. The number of nitrogens with zero attached hydrogens (tertiary/aromatic N) is 2. The van der Waals surface area contributed by atoms with Crippen LogP contribution in [-0.4, -0.2) is 26.8 Å². The average Bonchev–Trinajstić information content (AvgIpc) is 3.48. The number of para-hydroxylation sites is 2. The normalized spacial score (nSPS) is 16.9. The van der Waals surface area contributed by atoms with Crippen molar-refractivity contribution in [2.24, 2.45) is 0 Å².